The quantitative estimate of drug-likeness (QED) is 0.650. The van der Waals surface area contributed by atoms with Crippen molar-refractivity contribution >= 4 is 5.69 Å². The first-order valence-corrected chi connectivity index (χ1v) is 6.13. The summed E-state index contributed by atoms with van der Waals surface area (Å²) in [5.41, 5.74) is 8.73. The van der Waals surface area contributed by atoms with Crippen LogP contribution in [0.3, 0.4) is 0 Å². The van der Waals surface area contributed by atoms with Crippen molar-refractivity contribution in [2.24, 2.45) is 0 Å². The summed E-state index contributed by atoms with van der Waals surface area (Å²) < 4.78 is 7.79. The number of anilines is 1. The Hall–Kier alpha value is -1.97. The molecule has 2 rings (SSSR count). The lowest BCUT2D eigenvalue weighted by molar-refractivity contribution is 0.301. The Balaban J connectivity index is 1.78. The average molecular weight is 245 g/mol. The monoisotopic (exact) mass is 245 g/mol. The van der Waals surface area contributed by atoms with E-state index in [-0.39, 0.29) is 0 Å². The molecule has 0 bridgehead atoms. The molecule has 0 aliphatic carbocycles. The molecule has 0 saturated heterocycles. The molecule has 1 aromatic carbocycles. The normalized spacial score (nSPS) is 10.6. The molecule has 2 N–H and O–H groups in total. The molecule has 0 unspecified atom stereocenters. The van der Waals surface area contributed by atoms with Crippen molar-refractivity contribution < 1.29 is 4.74 Å². The van der Waals surface area contributed by atoms with Gasteiger partial charge in [-0.2, -0.15) is 0 Å². The van der Waals surface area contributed by atoms with E-state index in [0.717, 1.165) is 30.1 Å². The van der Waals surface area contributed by atoms with Crippen molar-refractivity contribution in [3.05, 3.63) is 42.0 Å². The number of ether oxygens (including phenoxy) is 1. The highest BCUT2D eigenvalue weighted by atomic mass is 16.5. The van der Waals surface area contributed by atoms with Gasteiger partial charge in [0.2, 0.25) is 0 Å². The molecule has 2 aromatic rings. The highest BCUT2D eigenvalue weighted by molar-refractivity contribution is 5.43. The number of hydrogen-bond acceptors (Lipinski definition) is 3. The molecule has 0 spiro atoms. The number of nitrogens with zero attached hydrogens (tertiary/aromatic N) is 2. The zero-order valence-corrected chi connectivity index (χ0v) is 10.9. The lowest BCUT2D eigenvalue weighted by Gasteiger charge is -2.08. The van der Waals surface area contributed by atoms with Crippen LogP contribution in [0.5, 0.6) is 5.75 Å². The summed E-state index contributed by atoms with van der Waals surface area (Å²) in [4.78, 5) is 4.27. The smallest absolute Gasteiger partial charge is 0.121 e. The number of aryl methyl sites for hydroxylation is 2. The number of nitrogen functional groups attached to an aromatic ring is 1. The van der Waals surface area contributed by atoms with Gasteiger partial charge >= 0.3 is 0 Å². The predicted molar refractivity (Wildman–Crippen MR) is 72.7 cm³/mol. The number of aromatic nitrogens is 2. The summed E-state index contributed by atoms with van der Waals surface area (Å²) in [5, 5.41) is 0. The molecule has 0 amide bonds. The van der Waals surface area contributed by atoms with E-state index >= 15 is 0 Å². The van der Waals surface area contributed by atoms with Gasteiger partial charge in [-0.25, -0.2) is 4.98 Å². The molecule has 1 aromatic heterocycles. The van der Waals surface area contributed by atoms with Crippen LogP contribution >= 0.6 is 0 Å². The van der Waals surface area contributed by atoms with E-state index in [0.29, 0.717) is 6.61 Å². The molecule has 0 fully saturated rings. The lowest BCUT2D eigenvalue weighted by atomic mass is 10.3. The van der Waals surface area contributed by atoms with Gasteiger partial charge in [-0.3, -0.25) is 0 Å². The molecule has 96 valence electrons. The minimum Gasteiger partial charge on any atom is -0.493 e. The third kappa shape index (κ3) is 3.03. The number of nitrogens with two attached hydrogens (primary N) is 1. The van der Waals surface area contributed by atoms with E-state index in [9.17, 15) is 0 Å². The van der Waals surface area contributed by atoms with Crippen LogP contribution < -0.4 is 10.5 Å². The fourth-order valence-corrected chi connectivity index (χ4v) is 1.80. The zero-order valence-electron chi connectivity index (χ0n) is 10.9. The molecular weight excluding hydrogens is 226 g/mol. The maximum absolute atomic E-state index is 5.68. The lowest BCUT2D eigenvalue weighted by Crippen LogP contribution is -2.05. The highest BCUT2D eigenvalue weighted by Crippen LogP contribution is 2.14. The van der Waals surface area contributed by atoms with Crippen LogP contribution in [0, 0.1) is 13.8 Å². The average Bonchev–Trinajstić information content (AvgIpc) is 2.66. The van der Waals surface area contributed by atoms with Crippen LogP contribution in [0.2, 0.25) is 0 Å². The van der Waals surface area contributed by atoms with Crippen molar-refractivity contribution in [3.63, 3.8) is 0 Å². The third-order valence-corrected chi connectivity index (χ3v) is 3.02. The third-order valence-electron chi connectivity index (χ3n) is 3.02. The van der Waals surface area contributed by atoms with E-state index in [2.05, 4.69) is 16.5 Å². The number of hydrogen-bond donors (Lipinski definition) is 1. The minimum absolute atomic E-state index is 0.681. The second-order valence-corrected chi connectivity index (χ2v) is 4.38. The first-order valence-electron chi connectivity index (χ1n) is 6.13. The molecule has 0 aliphatic rings. The maximum Gasteiger partial charge on any atom is 0.121 e. The number of imidazole rings is 1. The Morgan fingerprint density at radius 3 is 2.83 bits per heavy atom. The topological polar surface area (TPSA) is 53.1 Å². The van der Waals surface area contributed by atoms with Crippen molar-refractivity contribution in [2.75, 3.05) is 12.3 Å². The van der Waals surface area contributed by atoms with Gasteiger partial charge in [0.05, 0.1) is 18.6 Å². The summed E-state index contributed by atoms with van der Waals surface area (Å²) in [5.74, 6) is 0.827. The molecule has 18 heavy (non-hydrogen) atoms. The molecule has 1 heterocycles. The Morgan fingerprint density at radius 1 is 1.33 bits per heavy atom. The summed E-state index contributed by atoms with van der Waals surface area (Å²) in [6.45, 7) is 5.71. The molecule has 4 heteroatoms. The fourth-order valence-electron chi connectivity index (χ4n) is 1.80. The number of rotatable bonds is 5. The van der Waals surface area contributed by atoms with E-state index in [1.54, 1.807) is 0 Å². The standard InChI is InChI=1S/C14H19N3O/c1-11-12(2)17(10-16-11)7-4-8-18-14-6-3-5-13(15)9-14/h3,5-6,9-10H,4,7-8,15H2,1-2H3. The van der Waals surface area contributed by atoms with E-state index in [1.807, 2.05) is 37.5 Å². The summed E-state index contributed by atoms with van der Waals surface area (Å²) in [6.07, 6.45) is 2.83. The SMILES string of the molecule is Cc1ncn(CCCOc2cccc(N)c2)c1C. The van der Waals surface area contributed by atoms with Gasteiger partial charge in [-0.15, -0.1) is 0 Å². The fraction of sp³-hybridized carbons (Fsp3) is 0.357. The van der Waals surface area contributed by atoms with Crippen LogP contribution in [0.15, 0.2) is 30.6 Å². The molecule has 4 nitrogen and oxygen atoms in total. The summed E-state index contributed by atoms with van der Waals surface area (Å²) >= 11 is 0. The van der Waals surface area contributed by atoms with Gasteiger partial charge in [0, 0.05) is 24.0 Å². The molecular formula is C14H19N3O. The Morgan fingerprint density at radius 2 is 2.17 bits per heavy atom. The molecule has 0 atom stereocenters. The van der Waals surface area contributed by atoms with Gasteiger partial charge in [-0.1, -0.05) is 6.07 Å². The predicted octanol–water partition coefficient (Wildman–Crippen LogP) is 2.55. The summed E-state index contributed by atoms with van der Waals surface area (Å²) in [7, 11) is 0. The molecule has 0 saturated carbocycles. The molecule has 0 radical (unpaired) electrons. The Labute approximate surface area is 107 Å². The molecule has 0 aliphatic heterocycles. The van der Waals surface area contributed by atoms with Crippen molar-refractivity contribution in [3.8, 4) is 5.75 Å². The van der Waals surface area contributed by atoms with E-state index in [4.69, 9.17) is 10.5 Å². The van der Waals surface area contributed by atoms with Gasteiger partial charge < -0.3 is 15.0 Å². The van der Waals surface area contributed by atoms with Gasteiger partial charge in [0.25, 0.3) is 0 Å². The van der Waals surface area contributed by atoms with Gasteiger partial charge in [0.15, 0.2) is 0 Å². The zero-order chi connectivity index (χ0) is 13.0. The van der Waals surface area contributed by atoms with Crippen LogP contribution in [-0.2, 0) is 6.54 Å². The second-order valence-electron chi connectivity index (χ2n) is 4.38. The minimum atomic E-state index is 0.681. The Bertz CT molecular complexity index is 520. The van der Waals surface area contributed by atoms with Crippen molar-refractivity contribution in [1.29, 1.82) is 0 Å². The Kier molecular flexibility index (Phi) is 3.87. The van der Waals surface area contributed by atoms with E-state index < -0.39 is 0 Å². The first-order chi connectivity index (χ1) is 8.66. The van der Waals surface area contributed by atoms with Crippen LogP contribution in [0.4, 0.5) is 5.69 Å². The largest absolute Gasteiger partial charge is 0.493 e. The second kappa shape index (κ2) is 5.58. The van der Waals surface area contributed by atoms with Crippen LogP contribution in [-0.4, -0.2) is 16.2 Å². The first kappa shape index (κ1) is 12.5. The summed E-state index contributed by atoms with van der Waals surface area (Å²) in [6, 6.07) is 7.51. The van der Waals surface area contributed by atoms with Crippen molar-refractivity contribution in [2.45, 2.75) is 26.8 Å². The van der Waals surface area contributed by atoms with Crippen molar-refractivity contribution in [1.82, 2.24) is 9.55 Å². The van der Waals surface area contributed by atoms with Gasteiger partial charge in [-0.05, 0) is 32.4 Å². The number of benzene rings is 1. The highest BCUT2D eigenvalue weighted by Gasteiger charge is 2.01. The van der Waals surface area contributed by atoms with Crippen LogP contribution in [0.25, 0.3) is 0 Å². The maximum atomic E-state index is 5.68. The van der Waals surface area contributed by atoms with E-state index in [1.165, 1.54) is 5.69 Å². The van der Waals surface area contributed by atoms with Gasteiger partial charge in [0.1, 0.15) is 5.75 Å². The van der Waals surface area contributed by atoms with Crippen LogP contribution in [0.1, 0.15) is 17.8 Å².